The van der Waals surface area contributed by atoms with Crippen LogP contribution in [0.15, 0.2) is 41.5 Å². The molecule has 1 aromatic carbocycles. The van der Waals surface area contributed by atoms with Crippen molar-refractivity contribution in [2.45, 2.75) is 127 Å². The molecular weight excluding hydrogens is 694 g/mol. The minimum Gasteiger partial charge on any atom is -0.394 e. The van der Waals surface area contributed by atoms with E-state index >= 15 is 4.11 Å². The van der Waals surface area contributed by atoms with Crippen LogP contribution in [0.5, 0.6) is 0 Å². The molecule has 288 valence electrons. The van der Waals surface area contributed by atoms with E-state index in [9.17, 15) is 39.9 Å². The lowest BCUT2D eigenvalue weighted by atomic mass is 9.82. The number of halogens is 1. The van der Waals surface area contributed by atoms with Gasteiger partial charge < -0.3 is 54.2 Å². The number of fused-ring (bicyclic) bond motifs is 2. The highest BCUT2D eigenvalue weighted by Crippen LogP contribution is 2.60. The summed E-state index contributed by atoms with van der Waals surface area (Å²) in [6, 6.07) is 4.42. The Balaban J connectivity index is 1.52. The van der Waals surface area contributed by atoms with E-state index in [0.29, 0.717) is 24.2 Å². The number of rotatable bonds is 11. The number of aliphatic hydroxyl groups excluding tert-OH is 5. The minimum atomic E-state index is -3.61. The van der Waals surface area contributed by atoms with E-state index in [1.807, 2.05) is 26.8 Å². The van der Waals surface area contributed by atoms with Gasteiger partial charge in [0, 0.05) is 35.8 Å². The molecule has 52 heavy (non-hydrogen) atoms. The van der Waals surface area contributed by atoms with E-state index in [0.717, 1.165) is 24.8 Å². The van der Waals surface area contributed by atoms with Crippen molar-refractivity contribution in [2.24, 2.45) is 5.92 Å². The summed E-state index contributed by atoms with van der Waals surface area (Å²) in [6.45, 7) is 11.4. The van der Waals surface area contributed by atoms with Crippen molar-refractivity contribution in [3.8, 4) is 0 Å². The Bertz CT molecular complexity index is 1580. The second kappa shape index (κ2) is 15.8. The number of nitrogens with zero attached hydrogens (tertiary/aromatic N) is 2. The zero-order valence-electron chi connectivity index (χ0n) is 30.8. The largest absolute Gasteiger partial charge is 0.394 e. The molecule has 1 aromatic rings. The number of amides is 3. The standard InChI is InChI=1S/C37H54FN3O10Si/c1-20(2)9-7-10-21(3)14-16-41-26-13-12-23(39-34(47)32-30(45)29(44)31(46)35(48)50-32)17-25(26)37(36(41)49)22(4)33(52(5,6)38)27(51-37)18-28(43)40-15-8-11-24(40)19-42/h9,12-14,17,22,24,27,29-33,35,42,44-46,48H,7-8,10-11,15-16,18-19H2,1-6H3,(H,39,47)/b21-14+/t22-,24+,27+,29+,30+,31-,32+,33-,35-,37+/m1/s1. The molecule has 4 aliphatic rings. The molecule has 5 rings (SSSR count). The minimum absolute atomic E-state index is 0.163. The molecule has 3 saturated heterocycles. The van der Waals surface area contributed by atoms with Crippen LogP contribution in [-0.4, -0.2) is 119 Å². The second-order valence-electron chi connectivity index (χ2n) is 15.5. The van der Waals surface area contributed by atoms with Crippen molar-refractivity contribution in [3.05, 3.63) is 47.1 Å². The van der Waals surface area contributed by atoms with Crippen LogP contribution in [0.25, 0.3) is 0 Å². The van der Waals surface area contributed by atoms with Gasteiger partial charge in [-0.05, 0) is 77.7 Å². The molecule has 10 atom stereocenters. The maximum absolute atomic E-state index is 16.4. The van der Waals surface area contributed by atoms with Crippen LogP contribution in [0.2, 0.25) is 18.6 Å². The van der Waals surface area contributed by atoms with Gasteiger partial charge in [-0.1, -0.05) is 30.2 Å². The third-order valence-corrected chi connectivity index (χ3v) is 13.5. The van der Waals surface area contributed by atoms with Gasteiger partial charge in [-0.25, -0.2) is 0 Å². The van der Waals surface area contributed by atoms with E-state index in [1.54, 1.807) is 48.0 Å². The fourth-order valence-electron chi connectivity index (χ4n) is 8.38. The van der Waals surface area contributed by atoms with E-state index in [2.05, 4.69) is 11.4 Å². The normalized spacial score (nSPS) is 33.5. The van der Waals surface area contributed by atoms with Crippen LogP contribution < -0.4 is 10.2 Å². The van der Waals surface area contributed by atoms with Crippen molar-refractivity contribution < 1.29 is 53.5 Å². The Morgan fingerprint density at radius 3 is 2.46 bits per heavy atom. The van der Waals surface area contributed by atoms with Crippen molar-refractivity contribution >= 4 is 37.5 Å². The summed E-state index contributed by atoms with van der Waals surface area (Å²) in [7, 11) is -3.61. The van der Waals surface area contributed by atoms with E-state index in [1.165, 1.54) is 5.57 Å². The van der Waals surface area contributed by atoms with Gasteiger partial charge in [-0.15, -0.1) is 0 Å². The highest BCUT2D eigenvalue weighted by molar-refractivity contribution is 6.72. The number of ether oxygens (including phenoxy) is 2. The quantitative estimate of drug-likeness (QED) is 0.112. The number of carbonyl (C=O) groups excluding carboxylic acids is 3. The SMILES string of the molecule is CC(C)=CCC/C(C)=C/CN1C(=O)[C@@]2(O[C@@H](CC(=O)N3CCC[C@H]3CO)[C@H]([Si](C)(C)F)[C@H]2C)c2cc(NC(=O)[C@H]3O[C@@H](O)[C@H](O)[C@@H](O)[C@@H]3O)ccc21. The molecule has 4 aliphatic heterocycles. The van der Waals surface area contributed by atoms with Crippen molar-refractivity contribution in [1.82, 2.24) is 4.90 Å². The third kappa shape index (κ3) is 7.64. The molecule has 15 heteroatoms. The number of allylic oxidation sites excluding steroid dienone is 3. The van der Waals surface area contributed by atoms with Crippen molar-refractivity contribution in [2.75, 3.05) is 29.9 Å². The monoisotopic (exact) mass is 747 g/mol. The second-order valence-corrected chi connectivity index (χ2v) is 19.3. The molecular formula is C37H54FN3O10Si. The first-order valence-electron chi connectivity index (χ1n) is 18.1. The molecule has 1 spiro atoms. The lowest BCUT2D eigenvalue weighted by molar-refractivity contribution is -0.274. The van der Waals surface area contributed by atoms with Crippen LogP contribution in [-0.2, 0) is 29.5 Å². The predicted molar refractivity (Wildman–Crippen MR) is 193 cm³/mol. The van der Waals surface area contributed by atoms with Gasteiger partial charge in [0.2, 0.25) is 14.3 Å². The van der Waals surface area contributed by atoms with Gasteiger partial charge in [0.15, 0.2) is 18.0 Å². The Kier molecular flexibility index (Phi) is 12.2. The van der Waals surface area contributed by atoms with Gasteiger partial charge >= 0.3 is 0 Å². The number of carbonyl (C=O) groups is 3. The van der Waals surface area contributed by atoms with Gasteiger partial charge in [0.05, 0.1) is 30.9 Å². The topological polar surface area (TPSA) is 189 Å². The molecule has 0 aromatic heterocycles. The highest BCUT2D eigenvalue weighted by Gasteiger charge is 2.67. The van der Waals surface area contributed by atoms with Crippen LogP contribution in [0.1, 0.15) is 65.4 Å². The summed E-state index contributed by atoms with van der Waals surface area (Å²) in [5, 5.41) is 52.9. The Hall–Kier alpha value is -3.02. The molecule has 6 N–H and O–H groups in total. The molecule has 0 aliphatic carbocycles. The van der Waals surface area contributed by atoms with Crippen LogP contribution in [0.4, 0.5) is 15.5 Å². The number of aliphatic hydroxyl groups is 5. The Labute approximate surface area is 305 Å². The van der Waals surface area contributed by atoms with Crippen molar-refractivity contribution in [1.29, 1.82) is 0 Å². The Morgan fingerprint density at radius 2 is 1.81 bits per heavy atom. The molecule has 0 saturated carbocycles. The molecule has 3 fully saturated rings. The lowest BCUT2D eigenvalue weighted by Crippen LogP contribution is -2.60. The predicted octanol–water partition coefficient (Wildman–Crippen LogP) is 2.61. The molecule has 0 radical (unpaired) electrons. The van der Waals surface area contributed by atoms with Gasteiger partial charge in [-0.2, -0.15) is 0 Å². The van der Waals surface area contributed by atoms with E-state index in [-0.39, 0.29) is 37.2 Å². The van der Waals surface area contributed by atoms with E-state index < -0.39 is 74.1 Å². The third-order valence-electron chi connectivity index (χ3n) is 11.1. The maximum atomic E-state index is 16.4. The van der Waals surface area contributed by atoms with E-state index in [4.69, 9.17) is 9.47 Å². The first-order chi connectivity index (χ1) is 24.4. The molecule has 13 nitrogen and oxygen atoms in total. The summed E-state index contributed by atoms with van der Waals surface area (Å²) < 4.78 is 28.3. The zero-order valence-corrected chi connectivity index (χ0v) is 31.8. The first-order valence-corrected chi connectivity index (χ1v) is 21.1. The summed E-state index contributed by atoms with van der Waals surface area (Å²) >= 11 is 0. The number of benzene rings is 1. The molecule has 3 amide bonds. The summed E-state index contributed by atoms with van der Waals surface area (Å²) in [6.07, 6.45) is -3.13. The number of hydrogen-bond acceptors (Lipinski definition) is 10. The number of nitrogens with one attached hydrogen (secondary N) is 1. The molecule has 4 heterocycles. The summed E-state index contributed by atoms with van der Waals surface area (Å²) in [4.78, 5) is 45.0. The average Bonchev–Trinajstić information content (AvgIpc) is 3.74. The number of hydrogen-bond donors (Lipinski definition) is 6. The molecule has 0 bridgehead atoms. The Morgan fingerprint density at radius 1 is 1.10 bits per heavy atom. The highest BCUT2D eigenvalue weighted by atomic mass is 28.4. The van der Waals surface area contributed by atoms with Gasteiger partial charge in [0.25, 0.3) is 11.8 Å². The van der Waals surface area contributed by atoms with Crippen molar-refractivity contribution in [3.63, 3.8) is 0 Å². The van der Waals surface area contributed by atoms with Gasteiger partial charge in [-0.3, -0.25) is 14.4 Å². The smallest absolute Gasteiger partial charge is 0.264 e. The summed E-state index contributed by atoms with van der Waals surface area (Å²) in [5.74, 6) is -2.33. The summed E-state index contributed by atoms with van der Waals surface area (Å²) in [5.41, 5.74) is 0.861. The molecule has 0 unspecified atom stereocenters. The number of anilines is 2. The lowest BCUT2D eigenvalue weighted by Gasteiger charge is -2.37. The van der Waals surface area contributed by atoms with Crippen LogP contribution >= 0.6 is 0 Å². The number of likely N-dealkylation sites (tertiary alicyclic amines) is 1. The average molecular weight is 748 g/mol. The van der Waals surface area contributed by atoms with Crippen LogP contribution in [0, 0.1) is 5.92 Å². The van der Waals surface area contributed by atoms with Gasteiger partial charge in [0.1, 0.15) is 18.3 Å². The zero-order chi connectivity index (χ0) is 38.3. The first kappa shape index (κ1) is 40.2. The van der Waals surface area contributed by atoms with Crippen LogP contribution in [0.3, 0.4) is 0 Å². The maximum Gasteiger partial charge on any atom is 0.264 e. The fraction of sp³-hybridized carbons (Fsp3) is 0.649. The fourth-order valence-corrected chi connectivity index (χ4v) is 10.9.